The van der Waals surface area contributed by atoms with Gasteiger partial charge in [-0.15, -0.1) is 0 Å². The summed E-state index contributed by atoms with van der Waals surface area (Å²) in [5.41, 5.74) is 3.42. The number of hydrogen-bond acceptors (Lipinski definition) is 3. The molecule has 0 aliphatic carbocycles. The molecule has 0 amide bonds. The van der Waals surface area contributed by atoms with Crippen molar-refractivity contribution in [3.8, 4) is 5.75 Å². The van der Waals surface area contributed by atoms with Crippen LogP contribution in [-0.2, 0) is 0 Å². The number of para-hydroxylation sites is 1. The van der Waals surface area contributed by atoms with Gasteiger partial charge in [0.05, 0.1) is 11.8 Å². The number of fused-ring (bicyclic) bond motifs is 3. The summed E-state index contributed by atoms with van der Waals surface area (Å²) in [6.07, 6.45) is 0.849. The molecular weight excluding hydrogens is 284 g/mol. The molecule has 21 heavy (non-hydrogen) atoms. The zero-order valence-electron chi connectivity index (χ0n) is 11.7. The molecule has 0 saturated carbocycles. The molecule has 106 valence electrons. The molecule has 3 nitrogen and oxygen atoms in total. The molecule has 2 heterocycles. The highest BCUT2D eigenvalue weighted by Crippen LogP contribution is 2.42. The fourth-order valence-electron chi connectivity index (χ4n) is 3.03. The number of rotatable bonds is 1. The molecule has 0 unspecified atom stereocenters. The molecule has 2 aliphatic rings. The van der Waals surface area contributed by atoms with Gasteiger partial charge in [0.1, 0.15) is 5.75 Å². The van der Waals surface area contributed by atoms with Crippen LogP contribution in [0.1, 0.15) is 30.5 Å². The van der Waals surface area contributed by atoms with Crippen LogP contribution in [0.2, 0.25) is 5.02 Å². The summed E-state index contributed by atoms with van der Waals surface area (Å²) in [6.45, 7) is 2.04. The van der Waals surface area contributed by atoms with Crippen molar-refractivity contribution >= 4 is 17.3 Å². The Morgan fingerprint density at radius 1 is 1.14 bits per heavy atom. The third-order valence-corrected chi connectivity index (χ3v) is 4.32. The molecule has 2 aliphatic heterocycles. The van der Waals surface area contributed by atoms with Gasteiger partial charge in [0.25, 0.3) is 0 Å². The Morgan fingerprint density at radius 2 is 1.90 bits per heavy atom. The second kappa shape index (κ2) is 4.78. The average Bonchev–Trinajstić information content (AvgIpc) is 2.94. The van der Waals surface area contributed by atoms with Crippen LogP contribution >= 0.6 is 11.6 Å². The molecule has 0 radical (unpaired) electrons. The molecule has 0 fully saturated rings. The third-order valence-electron chi connectivity index (χ3n) is 4.07. The van der Waals surface area contributed by atoms with E-state index in [0.717, 1.165) is 28.5 Å². The summed E-state index contributed by atoms with van der Waals surface area (Å²) in [6, 6.07) is 16.3. The quantitative estimate of drug-likeness (QED) is 0.787. The highest BCUT2D eigenvalue weighted by atomic mass is 35.5. The van der Waals surface area contributed by atoms with Crippen LogP contribution in [0.15, 0.2) is 53.6 Å². The van der Waals surface area contributed by atoms with E-state index in [4.69, 9.17) is 21.4 Å². The fourth-order valence-corrected chi connectivity index (χ4v) is 3.16. The van der Waals surface area contributed by atoms with E-state index >= 15 is 0 Å². The van der Waals surface area contributed by atoms with Crippen LogP contribution in [0.25, 0.3) is 0 Å². The van der Waals surface area contributed by atoms with Gasteiger partial charge in [0.2, 0.25) is 0 Å². The Labute approximate surface area is 128 Å². The monoisotopic (exact) mass is 298 g/mol. The summed E-state index contributed by atoms with van der Waals surface area (Å²) >= 11 is 5.96. The van der Waals surface area contributed by atoms with Gasteiger partial charge in [-0.3, -0.25) is 5.01 Å². The lowest BCUT2D eigenvalue weighted by molar-refractivity contribution is -0.00334. The van der Waals surface area contributed by atoms with Gasteiger partial charge in [0.15, 0.2) is 6.23 Å². The molecule has 0 spiro atoms. The zero-order chi connectivity index (χ0) is 14.4. The third kappa shape index (κ3) is 2.09. The van der Waals surface area contributed by atoms with Gasteiger partial charge in [-0.1, -0.05) is 41.9 Å². The van der Waals surface area contributed by atoms with Crippen LogP contribution in [-0.4, -0.2) is 16.9 Å². The summed E-state index contributed by atoms with van der Waals surface area (Å²) in [7, 11) is 0. The Balaban J connectivity index is 1.71. The molecule has 0 bridgehead atoms. The van der Waals surface area contributed by atoms with E-state index in [2.05, 4.69) is 17.1 Å². The van der Waals surface area contributed by atoms with Crippen LogP contribution in [0.4, 0.5) is 0 Å². The van der Waals surface area contributed by atoms with Gasteiger partial charge in [-0.2, -0.15) is 5.10 Å². The molecule has 2 atom stereocenters. The maximum atomic E-state index is 5.96. The number of hydrazone groups is 1. The highest BCUT2D eigenvalue weighted by molar-refractivity contribution is 6.30. The summed E-state index contributed by atoms with van der Waals surface area (Å²) in [5, 5.41) is 7.58. The minimum Gasteiger partial charge on any atom is -0.469 e. The fraction of sp³-hybridized carbons (Fsp3) is 0.235. The normalized spacial score (nSPS) is 23.1. The van der Waals surface area contributed by atoms with E-state index in [-0.39, 0.29) is 12.3 Å². The van der Waals surface area contributed by atoms with Crippen LogP contribution in [0, 0.1) is 0 Å². The van der Waals surface area contributed by atoms with Crippen molar-refractivity contribution in [1.29, 1.82) is 0 Å². The lowest BCUT2D eigenvalue weighted by Gasteiger charge is -2.36. The molecule has 0 saturated heterocycles. The highest BCUT2D eigenvalue weighted by Gasteiger charge is 2.37. The van der Waals surface area contributed by atoms with E-state index in [1.165, 1.54) is 5.56 Å². The Hall–Kier alpha value is -2.00. The maximum Gasteiger partial charge on any atom is 0.185 e. The zero-order valence-corrected chi connectivity index (χ0v) is 12.4. The van der Waals surface area contributed by atoms with Crippen molar-refractivity contribution < 1.29 is 4.74 Å². The number of hydrogen-bond donors (Lipinski definition) is 0. The first-order valence-electron chi connectivity index (χ1n) is 7.10. The molecule has 4 rings (SSSR count). The van der Waals surface area contributed by atoms with Crippen molar-refractivity contribution in [1.82, 2.24) is 5.01 Å². The second-order valence-corrected chi connectivity index (χ2v) is 5.84. The predicted octanol–water partition coefficient (Wildman–Crippen LogP) is 4.23. The van der Waals surface area contributed by atoms with Crippen molar-refractivity contribution in [2.24, 2.45) is 5.10 Å². The van der Waals surface area contributed by atoms with E-state index in [9.17, 15) is 0 Å². The van der Waals surface area contributed by atoms with E-state index in [1.54, 1.807) is 0 Å². The first-order chi connectivity index (χ1) is 10.2. The first-order valence-corrected chi connectivity index (χ1v) is 7.47. The van der Waals surface area contributed by atoms with Crippen molar-refractivity contribution in [2.75, 3.05) is 0 Å². The maximum absolute atomic E-state index is 5.96. The molecule has 0 aromatic heterocycles. The summed E-state index contributed by atoms with van der Waals surface area (Å²) in [4.78, 5) is 0. The van der Waals surface area contributed by atoms with E-state index < -0.39 is 0 Å². The topological polar surface area (TPSA) is 24.8 Å². The Morgan fingerprint density at radius 3 is 2.71 bits per heavy atom. The lowest BCUT2D eigenvalue weighted by Crippen LogP contribution is -2.37. The van der Waals surface area contributed by atoms with Crippen LogP contribution in [0.3, 0.4) is 0 Å². The lowest BCUT2D eigenvalue weighted by atomic mass is 9.97. The minimum atomic E-state index is -0.0466. The average molecular weight is 299 g/mol. The van der Waals surface area contributed by atoms with Gasteiger partial charge in [0, 0.05) is 17.0 Å². The Kier molecular flexibility index (Phi) is 2.89. The van der Waals surface area contributed by atoms with Crippen LogP contribution in [0.5, 0.6) is 5.75 Å². The number of halogens is 1. The van der Waals surface area contributed by atoms with Gasteiger partial charge in [-0.25, -0.2) is 0 Å². The number of benzene rings is 2. The van der Waals surface area contributed by atoms with Gasteiger partial charge >= 0.3 is 0 Å². The molecule has 2 aromatic carbocycles. The molecule has 4 heteroatoms. The van der Waals surface area contributed by atoms with Crippen molar-refractivity contribution in [3.05, 3.63) is 64.7 Å². The predicted molar refractivity (Wildman–Crippen MR) is 83.7 cm³/mol. The minimum absolute atomic E-state index is 0.0466. The van der Waals surface area contributed by atoms with Gasteiger partial charge in [-0.05, 0) is 30.7 Å². The summed E-state index contributed by atoms with van der Waals surface area (Å²) < 4.78 is 5.95. The SMILES string of the molecule is C[C@@H]1Oc2ccccc2[C@H]2CC(c3ccc(Cl)cc3)=NN12. The van der Waals surface area contributed by atoms with Gasteiger partial charge < -0.3 is 4.74 Å². The van der Waals surface area contributed by atoms with E-state index in [1.807, 2.05) is 43.3 Å². The molecule has 0 N–H and O–H groups in total. The second-order valence-electron chi connectivity index (χ2n) is 5.41. The standard InChI is InChI=1S/C17H15ClN2O/c1-11-20-16(14-4-2-3-5-17(14)21-11)10-15(19-20)12-6-8-13(18)9-7-12/h2-9,11,16H,10H2,1H3/t11-,16+/m0/s1. The van der Waals surface area contributed by atoms with E-state index in [0.29, 0.717) is 0 Å². The molecule has 2 aromatic rings. The number of nitrogens with zero attached hydrogens (tertiary/aromatic N) is 2. The first kappa shape index (κ1) is 12.7. The summed E-state index contributed by atoms with van der Waals surface area (Å²) in [5.74, 6) is 0.971. The van der Waals surface area contributed by atoms with Crippen LogP contribution < -0.4 is 4.74 Å². The van der Waals surface area contributed by atoms with Crippen molar-refractivity contribution in [3.63, 3.8) is 0 Å². The molecular formula is C17H15ClN2O. The number of ether oxygens (including phenoxy) is 1. The Bertz CT molecular complexity index is 711. The smallest absolute Gasteiger partial charge is 0.185 e. The van der Waals surface area contributed by atoms with Crippen molar-refractivity contribution in [2.45, 2.75) is 25.6 Å². The largest absolute Gasteiger partial charge is 0.469 e.